The van der Waals surface area contributed by atoms with Crippen LogP contribution in [0, 0.1) is 17.3 Å². The van der Waals surface area contributed by atoms with E-state index in [1.807, 2.05) is 0 Å². The number of hydrogen-bond donors (Lipinski definition) is 0. The second kappa shape index (κ2) is 7.97. The first-order valence-corrected chi connectivity index (χ1v) is 15.3. The van der Waals surface area contributed by atoms with Gasteiger partial charge in [0.25, 0.3) is 0 Å². The Balaban J connectivity index is 1.41. The molecule has 196 valence electrons. The van der Waals surface area contributed by atoms with Crippen LogP contribution >= 0.6 is 0 Å². The summed E-state index contributed by atoms with van der Waals surface area (Å²) in [5.74, 6) is 1.14. The Morgan fingerprint density at radius 1 is 0.692 bits per heavy atom. The fourth-order valence-electron chi connectivity index (χ4n) is 9.30. The van der Waals surface area contributed by atoms with Crippen LogP contribution in [0.25, 0.3) is 22.3 Å². The van der Waals surface area contributed by atoms with Crippen LogP contribution < -0.4 is 20.9 Å². The van der Waals surface area contributed by atoms with E-state index in [1.165, 1.54) is 34.9 Å². The molecule has 0 amide bonds. The standard InChI is InChI=1S/C39H40/c1-23-20-32-37-35-26(23)16-11-17-31(35)38(2,3)33-21-25(22-34(36(33)37)39(32,4)5)28-19-18-27(24-12-7-6-8-13-24)29-14-9-10-15-30(28)29/h6-7,9-12,14-17,22,32-33H,8,13,18-21H2,1-5H3. The summed E-state index contributed by atoms with van der Waals surface area (Å²) in [7, 11) is 0. The van der Waals surface area contributed by atoms with E-state index in [4.69, 9.17) is 0 Å². The highest BCUT2D eigenvalue weighted by molar-refractivity contribution is 5.85. The summed E-state index contributed by atoms with van der Waals surface area (Å²) < 4.78 is 0. The van der Waals surface area contributed by atoms with Crippen molar-refractivity contribution in [1.82, 2.24) is 0 Å². The molecule has 0 nitrogen and oxygen atoms in total. The Labute approximate surface area is 233 Å². The Hall–Kier alpha value is -3.12. The SMILES string of the molecule is CC1=c2cccc3c2=C2C4=C(C=C(C5=c6ccccc6=C(C6=CC=CCC6)CC5)CC4C3(C)C)C(C)(C)C2C1. The molecular weight excluding hydrogens is 468 g/mol. The molecule has 0 heteroatoms. The number of fused-ring (bicyclic) bond motifs is 1. The molecule has 0 aliphatic heterocycles. The summed E-state index contributed by atoms with van der Waals surface area (Å²) in [4.78, 5) is 0. The van der Waals surface area contributed by atoms with Gasteiger partial charge in [0.1, 0.15) is 0 Å². The van der Waals surface area contributed by atoms with Gasteiger partial charge in [-0.15, -0.1) is 0 Å². The summed E-state index contributed by atoms with van der Waals surface area (Å²) in [6, 6.07) is 16.5. The van der Waals surface area contributed by atoms with E-state index in [-0.39, 0.29) is 10.8 Å². The van der Waals surface area contributed by atoms with Crippen molar-refractivity contribution in [2.75, 3.05) is 0 Å². The monoisotopic (exact) mass is 508 g/mol. The van der Waals surface area contributed by atoms with Gasteiger partial charge in [0.2, 0.25) is 0 Å². The highest BCUT2D eigenvalue weighted by Crippen LogP contribution is 2.63. The zero-order valence-electron chi connectivity index (χ0n) is 24.2. The summed E-state index contributed by atoms with van der Waals surface area (Å²) in [5.41, 5.74) is 14.9. The molecule has 0 spiro atoms. The van der Waals surface area contributed by atoms with E-state index in [0.717, 1.165) is 19.3 Å². The van der Waals surface area contributed by atoms with Gasteiger partial charge in [-0.05, 0) is 134 Å². The third kappa shape index (κ3) is 3.07. The lowest BCUT2D eigenvalue weighted by Gasteiger charge is -2.44. The highest BCUT2D eigenvalue weighted by atomic mass is 14.6. The van der Waals surface area contributed by atoms with Crippen LogP contribution in [0.1, 0.15) is 78.7 Å². The lowest BCUT2D eigenvalue weighted by atomic mass is 9.59. The van der Waals surface area contributed by atoms with E-state index >= 15 is 0 Å². The van der Waals surface area contributed by atoms with Gasteiger partial charge in [-0.2, -0.15) is 0 Å². The Morgan fingerprint density at radius 2 is 1.38 bits per heavy atom. The predicted octanol–water partition coefficient (Wildman–Crippen LogP) is 6.67. The molecule has 0 saturated carbocycles. The number of hydrogen-bond acceptors (Lipinski definition) is 0. The number of allylic oxidation sites excluding steroid dienone is 8. The smallest absolute Gasteiger partial charge is 0.00233 e. The van der Waals surface area contributed by atoms with E-state index < -0.39 is 0 Å². The van der Waals surface area contributed by atoms with E-state index in [0.29, 0.717) is 11.8 Å². The van der Waals surface area contributed by atoms with Crippen molar-refractivity contribution < 1.29 is 0 Å². The first-order valence-electron chi connectivity index (χ1n) is 15.3. The van der Waals surface area contributed by atoms with E-state index in [9.17, 15) is 0 Å². The third-order valence-electron chi connectivity index (χ3n) is 11.4. The summed E-state index contributed by atoms with van der Waals surface area (Å²) in [6.45, 7) is 12.6. The molecule has 0 radical (unpaired) electrons. The molecule has 6 aliphatic rings. The molecule has 39 heavy (non-hydrogen) atoms. The fourth-order valence-corrected chi connectivity index (χ4v) is 9.30. The van der Waals surface area contributed by atoms with Crippen molar-refractivity contribution in [3.05, 3.63) is 115 Å². The van der Waals surface area contributed by atoms with Gasteiger partial charge in [0.05, 0.1) is 0 Å². The van der Waals surface area contributed by atoms with Gasteiger partial charge in [0.15, 0.2) is 0 Å². The second-order valence-electron chi connectivity index (χ2n) is 14.0. The molecule has 2 atom stereocenters. The van der Waals surface area contributed by atoms with Gasteiger partial charge in [-0.1, -0.05) is 100 Å². The van der Waals surface area contributed by atoms with Gasteiger partial charge in [-0.25, -0.2) is 0 Å². The fraction of sp³-hybridized carbons (Fsp3) is 0.385. The largest absolute Gasteiger partial charge is 0.0842 e. The average molecular weight is 509 g/mol. The maximum absolute atomic E-state index is 2.69. The van der Waals surface area contributed by atoms with Crippen molar-refractivity contribution in [3.63, 3.8) is 0 Å². The first-order chi connectivity index (χ1) is 18.8. The molecule has 0 aromatic heterocycles. The van der Waals surface area contributed by atoms with Crippen molar-refractivity contribution in [2.45, 2.75) is 78.6 Å². The van der Waals surface area contributed by atoms with Crippen LogP contribution in [0.3, 0.4) is 0 Å². The molecule has 2 aromatic rings. The first kappa shape index (κ1) is 23.7. The predicted molar refractivity (Wildman–Crippen MR) is 165 cm³/mol. The van der Waals surface area contributed by atoms with Crippen LogP contribution in [0.15, 0.2) is 89.1 Å². The zero-order valence-corrected chi connectivity index (χ0v) is 24.2. The van der Waals surface area contributed by atoms with Gasteiger partial charge in [-0.3, -0.25) is 0 Å². The van der Waals surface area contributed by atoms with Gasteiger partial charge < -0.3 is 0 Å². The summed E-state index contributed by atoms with van der Waals surface area (Å²) in [5, 5.41) is 6.10. The van der Waals surface area contributed by atoms with E-state index in [1.54, 1.807) is 55.4 Å². The van der Waals surface area contributed by atoms with Crippen LogP contribution in [0.2, 0.25) is 0 Å². The Morgan fingerprint density at radius 3 is 2.10 bits per heavy atom. The molecule has 0 saturated heterocycles. The molecule has 0 fully saturated rings. The zero-order chi connectivity index (χ0) is 26.7. The van der Waals surface area contributed by atoms with Crippen molar-refractivity contribution in [2.24, 2.45) is 17.3 Å². The quantitative estimate of drug-likeness (QED) is 0.425. The number of benzene rings is 2. The van der Waals surface area contributed by atoms with E-state index in [2.05, 4.69) is 101 Å². The lowest BCUT2D eigenvalue weighted by Crippen LogP contribution is -2.49. The highest BCUT2D eigenvalue weighted by Gasteiger charge is 2.54. The lowest BCUT2D eigenvalue weighted by molar-refractivity contribution is 0.354. The molecule has 8 rings (SSSR count). The molecule has 0 heterocycles. The summed E-state index contributed by atoms with van der Waals surface area (Å²) in [6.07, 6.45) is 16.6. The second-order valence-corrected chi connectivity index (χ2v) is 14.0. The van der Waals surface area contributed by atoms with Crippen LogP contribution in [-0.4, -0.2) is 0 Å². The minimum atomic E-state index is 0.114. The molecule has 0 N–H and O–H groups in total. The summed E-state index contributed by atoms with van der Waals surface area (Å²) >= 11 is 0. The van der Waals surface area contributed by atoms with Crippen LogP contribution in [0.5, 0.6) is 0 Å². The third-order valence-corrected chi connectivity index (χ3v) is 11.4. The minimum Gasteiger partial charge on any atom is -0.0842 e. The average Bonchev–Trinajstić information content (AvgIpc) is 3.18. The van der Waals surface area contributed by atoms with Crippen molar-refractivity contribution in [1.29, 1.82) is 0 Å². The molecular formula is C39H40. The normalized spacial score (nSPS) is 27.3. The van der Waals surface area contributed by atoms with Crippen LogP contribution in [-0.2, 0) is 5.41 Å². The Bertz CT molecular complexity index is 1860. The van der Waals surface area contributed by atoms with Gasteiger partial charge >= 0.3 is 0 Å². The molecule has 2 unspecified atom stereocenters. The molecule has 0 bridgehead atoms. The topological polar surface area (TPSA) is 0 Å². The van der Waals surface area contributed by atoms with Crippen LogP contribution in [0.4, 0.5) is 0 Å². The minimum absolute atomic E-state index is 0.114. The maximum atomic E-state index is 2.69. The van der Waals surface area contributed by atoms with Crippen molar-refractivity contribution >= 4 is 22.3 Å². The maximum Gasteiger partial charge on any atom is -0.00233 e. The Kier molecular flexibility index (Phi) is 4.85. The van der Waals surface area contributed by atoms with Crippen molar-refractivity contribution in [3.8, 4) is 0 Å². The van der Waals surface area contributed by atoms with Gasteiger partial charge in [0, 0.05) is 0 Å². The molecule has 6 aliphatic carbocycles. The number of rotatable bonds is 2. The molecule has 2 aromatic carbocycles.